The molecule has 2 rings (SSSR count). The van der Waals surface area contributed by atoms with Crippen molar-refractivity contribution in [2.75, 3.05) is 6.54 Å². The van der Waals surface area contributed by atoms with Crippen LogP contribution in [0.2, 0.25) is 0 Å². The number of benzene rings is 1. The van der Waals surface area contributed by atoms with E-state index in [1.54, 1.807) is 6.07 Å². The van der Waals surface area contributed by atoms with Gasteiger partial charge >= 0.3 is 7.12 Å². The van der Waals surface area contributed by atoms with E-state index in [1.807, 2.05) is 0 Å². The topological polar surface area (TPSA) is 43.7 Å². The van der Waals surface area contributed by atoms with Crippen molar-refractivity contribution < 1.29 is 14.4 Å². The molecule has 0 spiro atoms. The van der Waals surface area contributed by atoms with E-state index in [-0.39, 0.29) is 5.46 Å². The van der Waals surface area contributed by atoms with E-state index in [0.29, 0.717) is 12.6 Å². The van der Waals surface area contributed by atoms with Gasteiger partial charge in [0.15, 0.2) is 0 Å². The summed E-state index contributed by atoms with van der Waals surface area (Å²) < 4.78 is 13.2. The predicted octanol–water partition coefficient (Wildman–Crippen LogP) is 1.27. The summed E-state index contributed by atoms with van der Waals surface area (Å²) in [5, 5.41) is 18.7. The van der Waals surface area contributed by atoms with Gasteiger partial charge in [-0.25, -0.2) is 4.39 Å². The maximum absolute atomic E-state index is 13.2. The highest BCUT2D eigenvalue weighted by Crippen LogP contribution is 2.18. The van der Waals surface area contributed by atoms with Crippen molar-refractivity contribution >= 4 is 12.6 Å². The van der Waals surface area contributed by atoms with Crippen LogP contribution >= 0.6 is 0 Å². The van der Waals surface area contributed by atoms with Crippen LogP contribution in [0.15, 0.2) is 18.2 Å². The van der Waals surface area contributed by atoms with E-state index >= 15 is 0 Å². The smallest absolute Gasteiger partial charge is 0.423 e. The third kappa shape index (κ3) is 3.78. The van der Waals surface area contributed by atoms with E-state index < -0.39 is 12.9 Å². The molecule has 1 atom stereocenters. The molecule has 5 heteroatoms. The maximum atomic E-state index is 13.2. The molecule has 19 heavy (non-hydrogen) atoms. The summed E-state index contributed by atoms with van der Waals surface area (Å²) in [6.07, 6.45) is 4.83. The average Bonchev–Trinajstić information content (AvgIpc) is 2.57. The SMILES string of the molecule is CC1CCCCCN1Cc1ccc(F)cc1B(O)O. The molecule has 0 saturated carbocycles. The largest absolute Gasteiger partial charge is 0.488 e. The van der Waals surface area contributed by atoms with Crippen LogP contribution in [0.4, 0.5) is 4.39 Å². The Balaban J connectivity index is 2.17. The van der Waals surface area contributed by atoms with Crippen LogP contribution in [0.25, 0.3) is 0 Å². The molecule has 1 heterocycles. The number of hydrogen-bond acceptors (Lipinski definition) is 3. The molecule has 1 fully saturated rings. The van der Waals surface area contributed by atoms with Crippen LogP contribution in [0, 0.1) is 5.82 Å². The zero-order valence-corrected chi connectivity index (χ0v) is 11.3. The molecule has 1 unspecified atom stereocenters. The minimum Gasteiger partial charge on any atom is -0.423 e. The van der Waals surface area contributed by atoms with Crippen molar-refractivity contribution in [2.24, 2.45) is 0 Å². The summed E-state index contributed by atoms with van der Waals surface area (Å²) in [7, 11) is -1.62. The molecule has 2 N–H and O–H groups in total. The van der Waals surface area contributed by atoms with E-state index in [9.17, 15) is 14.4 Å². The Morgan fingerprint density at radius 3 is 2.84 bits per heavy atom. The quantitative estimate of drug-likeness (QED) is 0.809. The Kier molecular flexibility index (Phi) is 4.96. The maximum Gasteiger partial charge on any atom is 0.488 e. The highest BCUT2D eigenvalue weighted by Gasteiger charge is 2.21. The van der Waals surface area contributed by atoms with Crippen LogP contribution in [0.1, 0.15) is 38.2 Å². The van der Waals surface area contributed by atoms with Gasteiger partial charge in [-0.3, -0.25) is 4.90 Å². The van der Waals surface area contributed by atoms with Crippen molar-refractivity contribution in [3.8, 4) is 0 Å². The van der Waals surface area contributed by atoms with Crippen molar-refractivity contribution in [3.63, 3.8) is 0 Å². The van der Waals surface area contributed by atoms with Gasteiger partial charge in [-0.2, -0.15) is 0 Å². The summed E-state index contributed by atoms with van der Waals surface area (Å²) in [6, 6.07) is 4.73. The fourth-order valence-electron chi connectivity index (χ4n) is 2.74. The zero-order valence-electron chi connectivity index (χ0n) is 11.3. The third-order valence-corrected chi connectivity index (χ3v) is 3.95. The first-order chi connectivity index (χ1) is 9.08. The Hall–Kier alpha value is -0.905. The van der Waals surface area contributed by atoms with E-state index in [1.165, 1.54) is 31.4 Å². The van der Waals surface area contributed by atoms with Gasteiger partial charge in [0.1, 0.15) is 5.82 Å². The van der Waals surface area contributed by atoms with Gasteiger partial charge in [0.2, 0.25) is 0 Å². The Bertz CT molecular complexity index is 428. The summed E-state index contributed by atoms with van der Waals surface area (Å²) >= 11 is 0. The van der Waals surface area contributed by atoms with E-state index in [0.717, 1.165) is 18.5 Å². The van der Waals surface area contributed by atoms with Gasteiger partial charge in [-0.05, 0) is 49.5 Å². The van der Waals surface area contributed by atoms with Gasteiger partial charge < -0.3 is 10.0 Å². The number of hydrogen-bond donors (Lipinski definition) is 2. The summed E-state index contributed by atoms with van der Waals surface area (Å²) in [5.41, 5.74) is 1.07. The molecule has 1 aromatic rings. The molecular weight excluding hydrogens is 244 g/mol. The Labute approximate surface area is 114 Å². The van der Waals surface area contributed by atoms with Crippen molar-refractivity contribution in [1.82, 2.24) is 4.90 Å². The molecule has 0 bridgehead atoms. The molecule has 1 saturated heterocycles. The first-order valence-electron chi connectivity index (χ1n) is 6.96. The first kappa shape index (κ1) is 14.5. The van der Waals surface area contributed by atoms with Crippen molar-refractivity contribution in [3.05, 3.63) is 29.6 Å². The zero-order chi connectivity index (χ0) is 13.8. The number of halogens is 1. The highest BCUT2D eigenvalue weighted by molar-refractivity contribution is 6.59. The second-order valence-electron chi connectivity index (χ2n) is 5.39. The van der Waals surface area contributed by atoms with Gasteiger partial charge in [-0.1, -0.05) is 18.9 Å². The first-order valence-corrected chi connectivity index (χ1v) is 6.96. The van der Waals surface area contributed by atoms with Gasteiger partial charge in [0, 0.05) is 12.6 Å². The van der Waals surface area contributed by atoms with Crippen LogP contribution in [0.5, 0.6) is 0 Å². The fraction of sp³-hybridized carbons (Fsp3) is 0.571. The standard InChI is InChI=1S/C14H21BFNO2/c1-11-5-3-2-4-8-17(11)10-12-6-7-13(16)9-14(12)15(18)19/h6-7,9,11,18-19H,2-5,8,10H2,1H3. The lowest BCUT2D eigenvalue weighted by Gasteiger charge is -2.27. The number of likely N-dealkylation sites (tertiary alicyclic amines) is 1. The lowest BCUT2D eigenvalue weighted by Crippen LogP contribution is -2.38. The molecule has 104 valence electrons. The second kappa shape index (κ2) is 6.50. The minimum absolute atomic E-state index is 0.274. The fourth-order valence-corrected chi connectivity index (χ4v) is 2.74. The van der Waals surface area contributed by atoms with E-state index in [2.05, 4.69) is 11.8 Å². The van der Waals surface area contributed by atoms with Gasteiger partial charge in [0.05, 0.1) is 0 Å². The molecule has 0 aromatic heterocycles. The molecule has 1 aliphatic heterocycles. The van der Waals surface area contributed by atoms with Gasteiger partial charge in [0.25, 0.3) is 0 Å². The summed E-state index contributed by atoms with van der Waals surface area (Å²) in [4.78, 5) is 2.34. The van der Waals surface area contributed by atoms with Crippen molar-refractivity contribution in [2.45, 2.75) is 45.2 Å². The molecule has 0 amide bonds. The van der Waals surface area contributed by atoms with Crippen LogP contribution < -0.4 is 5.46 Å². The predicted molar refractivity (Wildman–Crippen MR) is 74.6 cm³/mol. The molecular formula is C14H21BFNO2. The highest BCUT2D eigenvalue weighted by atomic mass is 19.1. The number of nitrogens with zero attached hydrogens (tertiary/aromatic N) is 1. The molecule has 3 nitrogen and oxygen atoms in total. The second-order valence-corrected chi connectivity index (χ2v) is 5.39. The van der Waals surface area contributed by atoms with Crippen LogP contribution in [0.3, 0.4) is 0 Å². The summed E-state index contributed by atoms with van der Waals surface area (Å²) in [6.45, 7) is 3.86. The van der Waals surface area contributed by atoms with Crippen molar-refractivity contribution in [1.29, 1.82) is 0 Å². The van der Waals surface area contributed by atoms with E-state index in [4.69, 9.17) is 0 Å². The lowest BCUT2D eigenvalue weighted by atomic mass is 9.76. The number of rotatable bonds is 3. The lowest BCUT2D eigenvalue weighted by molar-refractivity contribution is 0.205. The monoisotopic (exact) mass is 265 g/mol. The third-order valence-electron chi connectivity index (χ3n) is 3.95. The normalized spacial score (nSPS) is 21.2. The van der Waals surface area contributed by atoms with Crippen LogP contribution in [-0.4, -0.2) is 34.7 Å². The Morgan fingerprint density at radius 2 is 2.11 bits per heavy atom. The Morgan fingerprint density at radius 1 is 1.32 bits per heavy atom. The van der Waals surface area contributed by atoms with Crippen LogP contribution in [-0.2, 0) is 6.54 Å². The average molecular weight is 265 g/mol. The summed E-state index contributed by atoms with van der Waals surface area (Å²) in [5.74, 6) is -0.434. The molecule has 1 aliphatic rings. The molecule has 0 radical (unpaired) electrons. The minimum atomic E-state index is -1.62. The van der Waals surface area contributed by atoms with Gasteiger partial charge in [-0.15, -0.1) is 0 Å². The molecule has 1 aromatic carbocycles. The molecule has 0 aliphatic carbocycles.